The number of hydrogen-bond acceptors (Lipinski definition) is 0. The lowest BCUT2D eigenvalue weighted by molar-refractivity contribution is -0.250. The minimum absolute atomic E-state index is 0.00287. The van der Waals surface area contributed by atoms with Crippen LogP contribution in [-0.4, -0.2) is 18.3 Å². The minimum atomic E-state index is -5.56. The molecule has 0 fully saturated rings. The van der Waals surface area contributed by atoms with E-state index in [1.165, 1.54) is 31.2 Å². The maximum atomic E-state index is 13.6. The van der Waals surface area contributed by atoms with Crippen molar-refractivity contribution in [1.29, 1.82) is 0 Å². The summed E-state index contributed by atoms with van der Waals surface area (Å²) in [5.74, 6) is -6.27. The van der Waals surface area contributed by atoms with Gasteiger partial charge in [-0.2, -0.15) is 13.2 Å². The van der Waals surface area contributed by atoms with Gasteiger partial charge in [-0.25, -0.2) is 13.2 Å². The molecule has 0 aliphatic carbocycles. The first-order valence-electron chi connectivity index (χ1n) is 5.34. The van der Waals surface area contributed by atoms with Gasteiger partial charge in [-0.05, 0) is 12.0 Å². The third-order valence-corrected chi connectivity index (χ3v) is 2.70. The van der Waals surface area contributed by atoms with Gasteiger partial charge in [0.25, 0.3) is 12.1 Å². The van der Waals surface area contributed by atoms with Crippen LogP contribution in [0.4, 0.5) is 26.3 Å². The second-order valence-corrected chi connectivity index (χ2v) is 3.95. The molecule has 18 heavy (non-hydrogen) atoms. The maximum absolute atomic E-state index is 13.6. The average molecular weight is 270 g/mol. The van der Waals surface area contributed by atoms with Gasteiger partial charge in [0.1, 0.15) is 0 Å². The first-order valence-corrected chi connectivity index (χ1v) is 5.34. The van der Waals surface area contributed by atoms with Crippen molar-refractivity contribution in [3.8, 4) is 0 Å². The summed E-state index contributed by atoms with van der Waals surface area (Å²) in [6.07, 6.45) is -10.0. The molecule has 0 N–H and O–H groups in total. The van der Waals surface area contributed by atoms with Crippen LogP contribution in [0.2, 0.25) is 0 Å². The number of alkyl halides is 6. The first-order chi connectivity index (χ1) is 8.21. The van der Waals surface area contributed by atoms with Crippen molar-refractivity contribution < 1.29 is 26.3 Å². The highest BCUT2D eigenvalue weighted by molar-refractivity contribution is 5.22. The smallest absolute Gasteiger partial charge is 0.231 e. The van der Waals surface area contributed by atoms with Crippen LogP contribution < -0.4 is 0 Å². The summed E-state index contributed by atoms with van der Waals surface area (Å²) in [5.41, 5.74) is -0.00287. The van der Waals surface area contributed by atoms with Crippen LogP contribution in [0, 0.1) is 0 Å². The molecule has 0 aromatic heterocycles. The minimum Gasteiger partial charge on any atom is -0.231 e. The second-order valence-electron chi connectivity index (χ2n) is 3.95. The fraction of sp³-hybridized carbons (Fsp3) is 0.500. The maximum Gasteiger partial charge on any atom is 0.425 e. The average Bonchev–Trinajstić information content (AvgIpc) is 2.29. The zero-order valence-electron chi connectivity index (χ0n) is 9.52. The van der Waals surface area contributed by atoms with Crippen molar-refractivity contribution in [2.24, 2.45) is 0 Å². The van der Waals surface area contributed by atoms with Crippen molar-refractivity contribution in [1.82, 2.24) is 0 Å². The molecular weight excluding hydrogens is 258 g/mol. The molecule has 0 nitrogen and oxygen atoms in total. The first kappa shape index (κ1) is 14.9. The summed E-state index contributed by atoms with van der Waals surface area (Å²) in [7, 11) is 0. The SMILES string of the molecule is CCC(c1ccccc1)C(F)(F)C(F)C(F)(F)F. The Bertz CT molecular complexity index is 370. The van der Waals surface area contributed by atoms with Crippen LogP contribution >= 0.6 is 0 Å². The second kappa shape index (κ2) is 5.20. The molecule has 1 aromatic rings. The molecule has 0 radical (unpaired) electrons. The number of benzene rings is 1. The summed E-state index contributed by atoms with van der Waals surface area (Å²) in [5, 5.41) is 0. The van der Waals surface area contributed by atoms with Crippen molar-refractivity contribution in [3.63, 3.8) is 0 Å². The molecule has 2 unspecified atom stereocenters. The Hall–Kier alpha value is -1.20. The highest BCUT2D eigenvalue weighted by Crippen LogP contribution is 2.45. The molecule has 0 bridgehead atoms. The van der Waals surface area contributed by atoms with Gasteiger partial charge < -0.3 is 0 Å². The third-order valence-electron chi connectivity index (χ3n) is 2.70. The lowest BCUT2D eigenvalue weighted by atomic mass is 9.87. The van der Waals surface area contributed by atoms with Crippen LogP contribution in [0.15, 0.2) is 30.3 Å². The Labute approximate surface area is 101 Å². The van der Waals surface area contributed by atoms with E-state index in [0.717, 1.165) is 0 Å². The van der Waals surface area contributed by atoms with Crippen LogP contribution in [0.3, 0.4) is 0 Å². The molecule has 0 heterocycles. The van der Waals surface area contributed by atoms with Gasteiger partial charge in [-0.1, -0.05) is 37.3 Å². The largest absolute Gasteiger partial charge is 0.425 e. The van der Waals surface area contributed by atoms with Gasteiger partial charge in [-0.3, -0.25) is 0 Å². The van der Waals surface area contributed by atoms with Crippen molar-refractivity contribution in [3.05, 3.63) is 35.9 Å². The van der Waals surface area contributed by atoms with Crippen LogP contribution in [0.25, 0.3) is 0 Å². The van der Waals surface area contributed by atoms with E-state index in [2.05, 4.69) is 0 Å². The highest BCUT2D eigenvalue weighted by Gasteiger charge is 2.60. The van der Waals surface area contributed by atoms with Crippen LogP contribution in [0.5, 0.6) is 0 Å². The lowest BCUT2D eigenvalue weighted by Gasteiger charge is -2.30. The van der Waals surface area contributed by atoms with E-state index in [0.29, 0.717) is 0 Å². The zero-order valence-corrected chi connectivity index (χ0v) is 9.52. The summed E-state index contributed by atoms with van der Waals surface area (Å²) < 4.78 is 76.4. The Morgan fingerprint density at radius 2 is 1.50 bits per heavy atom. The quantitative estimate of drug-likeness (QED) is 0.695. The summed E-state index contributed by atoms with van der Waals surface area (Å²) in [6, 6.07) is 6.94. The predicted molar refractivity (Wildman–Crippen MR) is 55.4 cm³/mol. The standard InChI is InChI=1S/C12H12F6/c1-2-9(8-6-4-3-5-7-8)11(14,15)10(13)12(16,17)18/h3-7,9-10H,2H2,1H3. The molecular formula is C12H12F6. The van der Waals surface area contributed by atoms with E-state index in [4.69, 9.17) is 0 Å². The number of hydrogen-bond donors (Lipinski definition) is 0. The molecule has 0 aliphatic heterocycles. The Morgan fingerprint density at radius 3 is 1.89 bits per heavy atom. The van der Waals surface area contributed by atoms with Crippen LogP contribution in [-0.2, 0) is 0 Å². The Kier molecular flexibility index (Phi) is 4.29. The molecule has 0 aliphatic rings. The van der Waals surface area contributed by atoms with Crippen molar-refractivity contribution in [2.75, 3.05) is 0 Å². The Balaban J connectivity index is 3.08. The van der Waals surface area contributed by atoms with E-state index in [-0.39, 0.29) is 12.0 Å². The predicted octanol–water partition coefficient (Wildman–Crippen LogP) is 4.72. The van der Waals surface area contributed by atoms with E-state index in [9.17, 15) is 26.3 Å². The van der Waals surface area contributed by atoms with Crippen molar-refractivity contribution in [2.45, 2.75) is 37.5 Å². The lowest BCUT2D eigenvalue weighted by Crippen LogP contribution is -2.45. The molecule has 2 atom stereocenters. The topological polar surface area (TPSA) is 0 Å². The number of halogens is 6. The summed E-state index contributed by atoms with van der Waals surface area (Å²) >= 11 is 0. The van der Waals surface area contributed by atoms with Gasteiger partial charge in [0.05, 0.1) is 5.92 Å². The van der Waals surface area contributed by atoms with Gasteiger partial charge in [-0.15, -0.1) is 0 Å². The van der Waals surface area contributed by atoms with Gasteiger partial charge in [0, 0.05) is 0 Å². The monoisotopic (exact) mass is 270 g/mol. The van der Waals surface area contributed by atoms with E-state index in [1.807, 2.05) is 0 Å². The molecule has 1 rings (SSSR count). The molecule has 1 aromatic carbocycles. The highest BCUT2D eigenvalue weighted by atomic mass is 19.4. The van der Waals surface area contributed by atoms with Gasteiger partial charge in [0.15, 0.2) is 0 Å². The molecule has 0 saturated heterocycles. The van der Waals surface area contributed by atoms with E-state index < -0.39 is 24.2 Å². The molecule has 6 heteroatoms. The summed E-state index contributed by atoms with van der Waals surface area (Å²) in [6.45, 7) is 1.30. The number of rotatable bonds is 4. The fourth-order valence-electron chi connectivity index (χ4n) is 1.81. The van der Waals surface area contributed by atoms with E-state index >= 15 is 0 Å². The summed E-state index contributed by atoms with van der Waals surface area (Å²) in [4.78, 5) is 0. The zero-order chi connectivity index (χ0) is 14.0. The molecule has 0 amide bonds. The third kappa shape index (κ3) is 2.97. The van der Waals surface area contributed by atoms with Crippen LogP contribution in [0.1, 0.15) is 24.8 Å². The van der Waals surface area contributed by atoms with Gasteiger partial charge >= 0.3 is 6.18 Å². The van der Waals surface area contributed by atoms with Crippen molar-refractivity contribution >= 4 is 0 Å². The molecule has 0 spiro atoms. The fourth-order valence-corrected chi connectivity index (χ4v) is 1.81. The van der Waals surface area contributed by atoms with E-state index in [1.54, 1.807) is 6.07 Å². The van der Waals surface area contributed by atoms with Gasteiger partial charge in [0.2, 0.25) is 0 Å². The molecule has 102 valence electrons. The Morgan fingerprint density at radius 1 is 1.00 bits per heavy atom. The molecule has 0 saturated carbocycles. The normalized spacial score (nSPS) is 16.4.